The maximum Gasteiger partial charge on any atom is 0.269 e. The molecule has 0 spiro atoms. The van der Waals surface area contributed by atoms with E-state index in [4.69, 9.17) is 4.74 Å². The summed E-state index contributed by atoms with van der Waals surface area (Å²) in [5.41, 5.74) is 3.52. The molecule has 1 atom stereocenters. The van der Waals surface area contributed by atoms with Gasteiger partial charge in [0.1, 0.15) is 33.0 Å². The summed E-state index contributed by atoms with van der Waals surface area (Å²) in [5, 5.41) is 14.0. The van der Waals surface area contributed by atoms with Crippen LogP contribution in [0.3, 0.4) is 0 Å². The molecule has 0 radical (unpaired) electrons. The second-order valence-corrected chi connectivity index (χ2v) is 9.22. The minimum Gasteiger partial charge on any atom is -0.497 e. The van der Waals surface area contributed by atoms with E-state index in [9.17, 15) is 14.9 Å². The lowest BCUT2D eigenvalue weighted by molar-refractivity contribution is -0.384. The fourth-order valence-electron chi connectivity index (χ4n) is 3.12. The largest absolute Gasteiger partial charge is 0.497 e. The number of fused-ring (bicyclic) bond motifs is 1. The van der Waals surface area contributed by atoms with Crippen LogP contribution in [-0.4, -0.2) is 37.5 Å². The van der Waals surface area contributed by atoms with E-state index in [-0.39, 0.29) is 11.6 Å². The lowest BCUT2D eigenvalue weighted by atomic mass is 10.1. The van der Waals surface area contributed by atoms with Crippen molar-refractivity contribution < 1.29 is 14.5 Å². The van der Waals surface area contributed by atoms with Gasteiger partial charge in [0.2, 0.25) is 5.91 Å². The van der Waals surface area contributed by atoms with Crippen molar-refractivity contribution in [1.29, 1.82) is 0 Å². The Labute approximate surface area is 197 Å². The quantitative estimate of drug-likeness (QED) is 0.168. The summed E-state index contributed by atoms with van der Waals surface area (Å²) in [5.74, 6) is 0.524. The number of thioether (sulfide) groups is 1. The number of aryl methyl sites for hydroxylation is 1. The zero-order valence-corrected chi connectivity index (χ0v) is 19.6. The molecule has 0 aliphatic heterocycles. The van der Waals surface area contributed by atoms with Crippen molar-refractivity contribution in [3.63, 3.8) is 0 Å². The highest BCUT2D eigenvalue weighted by Crippen LogP contribution is 2.36. The summed E-state index contributed by atoms with van der Waals surface area (Å²) in [4.78, 5) is 32.0. The van der Waals surface area contributed by atoms with Gasteiger partial charge in [-0.05, 0) is 61.3 Å². The molecule has 2 aromatic carbocycles. The maximum absolute atomic E-state index is 12.8. The van der Waals surface area contributed by atoms with Crippen LogP contribution < -0.4 is 10.1 Å². The zero-order valence-electron chi connectivity index (χ0n) is 17.9. The Hall–Kier alpha value is -3.57. The van der Waals surface area contributed by atoms with Gasteiger partial charge in [-0.1, -0.05) is 11.8 Å². The average molecular weight is 482 g/mol. The monoisotopic (exact) mass is 481 g/mol. The van der Waals surface area contributed by atoms with Gasteiger partial charge in [-0.25, -0.2) is 9.97 Å². The first-order chi connectivity index (χ1) is 15.9. The van der Waals surface area contributed by atoms with Gasteiger partial charge in [0.05, 0.1) is 17.3 Å². The number of benzene rings is 2. The van der Waals surface area contributed by atoms with Crippen LogP contribution in [0.25, 0.3) is 21.5 Å². The third-order valence-corrected chi connectivity index (χ3v) is 7.00. The molecular weight excluding hydrogens is 462 g/mol. The van der Waals surface area contributed by atoms with Crippen LogP contribution in [0.5, 0.6) is 5.75 Å². The summed E-state index contributed by atoms with van der Waals surface area (Å²) < 4.78 is 10.6. The molecule has 1 unspecified atom stereocenters. The number of rotatable bonds is 7. The number of nitrogens with zero attached hydrogens (tertiary/aromatic N) is 4. The molecule has 9 nitrogen and oxygen atoms in total. The first kappa shape index (κ1) is 22.6. The Morgan fingerprint density at radius 2 is 1.97 bits per heavy atom. The van der Waals surface area contributed by atoms with Gasteiger partial charge in [0.15, 0.2) is 0 Å². The van der Waals surface area contributed by atoms with E-state index >= 15 is 0 Å². The molecule has 0 bridgehead atoms. The van der Waals surface area contributed by atoms with Crippen LogP contribution in [0.15, 0.2) is 53.8 Å². The highest BCUT2D eigenvalue weighted by Gasteiger charge is 2.21. The van der Waals surface area contributed by atoms with Crippen molar-refractivity contribution in [3.8, 4) is 17.0 Å². The molecule has 0 saturated carbocycles. The van der Waals surface area contributed by atoms with Crippen molar-refractivity contribution in [1.82, 2.24) is 14.3 Å². The molecule has 1 N–H and O–H groups in total. The van der Waals surface area contributed by atoms with E-state index in [0.717, 1.165) is 27.2 Å². The number of nitrogens with one attached hydrogen (secondary N) is 1. The number of aromatic nitrogens is 3. The number of carbonyl (C=O) groups excluding carboxylic acids is 1. The highest BCUT2D eigenvalue weighted by atomic mass is 32.2. The third kappa shape index (κ3) is 4.78. The number of non-ortho nitro benzene ring substituents is 1. The van der Waals surface area contributed by atoms with E-state index in [1.165, 1.54) is 47.8 Å². The van der Waals surface area contributed by atoms with E-state index in [2.05, 4.69) is 19.7 Å². The minimum atomic E-state index is -0.468. The van der Waals surface area contributed by atoms with Crippen molar-refractivity contribution in [2.75, 3.05) is 12.4 Å². The van der Waals surface area contributed by atoms with Crippen LogP contribution in [0.1, 0.15) is 12.5 Å². The Morgan fingerprint density at radius 3 is 2.64 bits per heavy atom. The number of hydrogen-bond donors (Lipinski definition) is 1. The van der Waals surface area contributed by atoms with Gasteiger partial charge in [-0.3, -0.25) is 14.9 Å². The minimum absolute atomic E-state index is 0.0193. The van der Waals surface area contributed by atoms with Gasteiger partial charge in [-0.15, -0.1) is 0 Å². The first-order valence-corrected chi connectivity index (χ1v) is 11.5. The molecular formula is C22H19N5O4S2. The molecule has 4 rings (SSSR count). The van der Waals surface area contributed by atoms with E-state index in [0.29, 0.717) is 16.3 Å². The number of hydrogen-bond acceptors (Lipinski definition) is 9. The molecule has 0 saturated heterocycles. The van der Waals surface area contributed by atoms with E-state index in [1.807, 2.05) is 24.3 Å². The van der Waals surface area contributed by atoms with Crippen molar-refractivity contribution >= 4 is 50.8 Å². The molecule has 0 aliphatic carbocycles. The first-order valence-electron chi connectivity index (χ1n) is 9.84. The van der Waals surface area contributed by atoms with Crippen molar-refractivity contribution in [3.05, 3.63) is 64.5 Å². The predicted molar refractivity (Wildman–Crippen MR) is 129 cm³/mol. The summed E-state index contributed by atoms with van der Waals surface area (Å²) >= 11 is 2.60. The number of amides is 1. The highest BCUT2D eigenvalue weighted by molar-refractivity contribution is 8.00. The van der Waals surface area contributed by atoms with Gasteiger partial charge in [-0.2, -0.15) is 4.37 Å². The van der Waals surface area contributed by atoms with E-state index in [1.54, 1.807) is 21.0 Å². The van der Waals surface area contributed by atoms with Gasteiger partial charge in [0.25, 0.3) is 5.69 Å². The molecule has 2 aromatic heterocycles. The van der Waals surface area contributed by atoms with Gasteiger partial charge in [0, 0.05) is 23.4 Å². The maximum atomic E-state index is 12.8. The fourth-order valence-corrected chi connectivity index (χ4v) is 4.93. The average Bonchev–Trinajstić information content (AvgIpc) is 3.25. The fraction of sp³-hybridized carbons (Fsp3) is 0.182. The van der Waals surface area contributed by atoms with Crippen LogP contribution in [-0.2, 0) is 4.79 Å². The predicted octanol–water partition coefficient (Wildman–Crippen LogP) is 5.10. The molecule has 0 fully saturated rings. The number of nitro benzene ring substituents is 1. The normalized spacial score (nSPS) is 11.8. The Balaban J connectivity index is 1.53. The Morgan fingerprint density at radius 1 is 1.21 bits per heavy atom. The van der Waals surface area contributed by atoms with Gasteiger partial charge < -0.3 is 10.1 Å². The molecule has 1 amide bonds. The smallest absolute Gasteiger partial charge is 0.269 e. The second kappa shape index (κ2) is 9.51. The topological polar surface area (TPSA) is 120 Å². The molecule has 168 valence electrons. The molecule has 11 heteroatoms. The number of ether oxygens (including phenoxy) is 1. The summed E-state index contributed by atoms with van der Waals surface area (Å²) in [7, 11) is 1.62. The molecule has 4 aromatic rings. The number of carbonyl (C=O) groups is 1. The zero-order chi connectivity index (χ0) is 23.5. The van der Waals surface area contributed by atoms with Crippen LogP contribution in [0.2, 0.25) is 0 Å². The second-order valence-electron chi connectivity index (χ2n) is 7.12. The Kier molecular flexibility index (Phi) is 6.52. The number of nitro groups is 1. The standard InChI is InChI=1S/C22H19N5O4S2/c1-12-10-15(27(29)30)6-9-17(12)25-21(28)13(2)32-22-20-19(23-11-24-22)18(26-33-20)14-4-7-16(31-3)8-5-14/h4-11,13H,1-3H3,(H,25,28). The number of anilines is 1. The molecule has 2 heterocycles. The lowest BCUT2D eigenvalue weighted by Gasteiger charge is -2.13. The van der Waals surface area contributed by atoms with E-state index < -0.39 is 10.2 Å². The Bertz CT molecular complexity index is 1340. The van der Waals surface area contributed by atoms with Crippen LogP contribution in [0.4, 0.5) is 11.4 Å². The summed E-state index contributed by atoms with van der Waals surface area (Å²) in [6.45, 7) is 3.49. The van der Waals surface area contributed by atoms with Crippen molar-refractivity contribution in [2.45, 2.75) is 24.1 Å². The lowest BCUT2D eigenvalue weighted by Crippen LogP contribution is -2.23. The SMILES string of the molecule is COc1ccc(-c2nsc3c(SC(C)C(=O)Nc4ccc([N+](=O)[O-])cc4C)ncnc23)cc1. The third-order valence-electron chi connectivity index (χ3n) is 4.92. The molecule has 33 heavy (non-hydrogen) atoms. The number of methoxy groups -OCH3 is 1. The summed E-state index contributed by atoms with van der Waals surface area (Å²) in [6, 6.07) is 11.9. The van der Waals surface area contributed by atoms with Gasteiger partial charge >= 0.3 is 0 Å². The summed E-state index contributed by atoms with van der Waals surface area (Å²) in [6.07, 6.45) is 1.47. The van der Waals surface area contributed by atoms with Crippen LogP contribution >= 0.6 is 23.3 Å². The van der Waals surface area contributed by atoms with Crippen LogP contribution in [0, 0.1) is 17.0 Å². The molecule has 0 aliphatic rings. The van der Waals surface area contributed by atoms with Crippen molar-refractivity contribution in [2.24, 2.45) is 0 Å².